The molecule has 2 nitrogen and oxygen atoms in total. The van der Waals surface area contributed by atoms with Gasteiger partial charge in [0.25, 0.3) is 0 Å². The smallest absolute Gasteiger partial charge is 0.125 e. The Kier molecular flexibility index (Phi) is 4.82. The Balaban J connectivity index is 0.00000288. The van der Waals surface area contributed by atoms with Gasteiger partial charge in [-0.2, -0.15) is 0 Å². The van der Waals surface area contributed by atoms with Gasteiger partial charge in [0.05, 0.1) is 5.48 Å². The molecule has 108 valence electrons. The molecule has 0 aromatic heterocycles. The topological polar surface area (TPSA) is 21.3 Å². The molecule has 0 fully saturated rings. The second-order valence-electron chi connectivity index (χ2n) is 4.36. The molecule has 1 N–H and O–H groups in total. The molecular weight excluding hydrogens is 270 g/mol. The first-order chi connectivity index (χ1) is 11.0. The summed E-state index contributed by atoms with van der Waals surface area (Å²) in [4.78, 5) is 0. The Labute approximate surface area is 133 Å². The van der Waals surface area contributed by atoms with E-state index in [-0.39, 0.29) is 48.4 Å². The number of para-hydroxylation sites is 1. The lowest BCUT2D eigenvalue weighted by atomic mass is 10.1. The van der Waals surface area contributed by atoms with Crippen LogP contribution >= 0.6 is 12.4 Å². The number of benzene rings is 2. The zero-order chi connectivity index (χ0) is 17.0. The second-order valence-corrected chi connectivity index (χ2v) is 4.36. The molecule has 0 aliphatic carbocycles. The van der Waals surface area contributed by atoms with Crippen LogP contribution < -0.4 is 10.1 Å². The van der Waals surface area contributed by atoms with Crippen molar-refractivity contribution >= 4 is 12.4 Å². The summed E-state index contributed by atoms with van der Waals surface area (Å²) >= 11 is 0. The second kappa shape index (κ2) is 8.62. The third kappa shape index (κ3) is 4.55. The SMILES string of the molecule is Cl.[2H]c1c([2H])c([2H])c(O[C@H](CCNC)c2ccccc2)c(C)c1[2H]. The molecule has 0 saturated carbocycles. The molecule has 1 atom stereocenters. The maximum Gasteiger partial charge on any atom is 0.125 e. The molecule has 0 bridgehead atoms. The van der Waals surface area contributed by atoms with Gasteiger partial charge in [-0.1, -0.05) is 48.5 Å². The number of rotatable bonds is 6. The summed E-state index contributed by atoms with van der Waals surface area (Å²) in [6.45, 7) is 2.40. The van der Waals surface area contributed by atoms with Gasteiger partial charge in [0.15, 0.2) is 0 Å². The molecule has 20 heavy (non-hydrogen) atoms. The quantitative estimate of drug-likeness (QED) is 0.864. The van der Waals surface area contributed by atoms with Crippen molar-refractivity contribution in [2.75, 3.05) is 13.6 Å². The maximum atomic E-state index is 8.08. The average molecular weight is 296 g/mol. The highest BCUT2D eigenvalue weighted by Crippen LogP contribution is 2.26. The van der Waals surface area contributed by atoms with Crippen LogP contribution in [-0.4, -0.2) is 13.6 Å². The number of halogens is 1. The molecule has 0 aliphatic heterocycles. The molecule has 0 saturated heterocycles. The fourth-order valence-electron chi connectivity index (χ4n) is 1.86. The summed E-state index contributed by atoms with van der Waals surface area (Å²) in [5, 5.41) is 3.08. The van der Waals surface area contributed by atoms with Crippen molar-refractivity contribution in [1.29, 1.82) is 0 Å². The molecule has 2 rings (SSSR count). The molecular formula is C17H22ClNO. The van der Waals surface area contributed by atoms with E-state index in [0.717, 1.165) is 12.1 Å². The lowest BCUT2D eigenvalue weighted by Gasteiger charge is -2.20. The highest BCUT2D eigenvalue weighted by atomic mass is 35.5. The minimum absolute atomic E-state index is 0. The molecule has 0 heterocycles. The minimum Gasteiger partial charge on any atom is -0.485 e. The van der Waals surface area contributed by atoms with Gasteiger partial charge in [-0.3, -0.25) is 0 Å². The van der Waals surface area contributed by atoms with E-state index in [1.165, 1.54) is 0 Å². The molecule has 0 amide bonds. The first-order valence-corrected chi connectivity index (χ1v) is 6.40. The van der Waals surface area contributed by atoms with Crippen LogP contribution in [0.5, 0.6) is 5.75 Å². The number of ether oxygens (including phenoxy) is 1. The van der Waals surface area contributed by atoms with Crippen molar-refractivity contribution in [1.82, 2.24) is 5.32 Å². The molecule has 2 aromatic carbocycles. The number of hydrogen-bond donors (Lipinski definition) is 1. The van der Waals surface area contributed by atoms with Gasteiger partial charge in [0, 0.05) is 6.42 Å². The molecule has 0 unspecified atom stereocenters. The Morgan fingerprint density at radius 1 is 1.20 bits per heavy atom. The zero-order valence-corrected chi connectivity index (χ0v) is 12.5. The summed E-state index contributed by atoms with van der Waals surface area (Å²) in [5.74, 6) is 0.223. The lowest BCUT2D eigenvalue weighted by Crippen LogP contribution is -2.16. The monoisotopic (exact) mass is 295 g/mol. The van der Waals surface area contributed by atoms with Crippen LogP contribution in [0.25, 0.3) is 0 Å². The lowest BCUT2D eigenvalue weighted by molar-refractivity contribution is 0.193. The van der Waals surface area contributed by atoms with E-state index in [1.807, 2.05) is 37.4 Å². The van der Waals surface area contributed by atoms with Crippen molar-refractivity contribution in [3.8, 4) is 5.75 Å². The molecule has 2 aromatic rings. The van der Waals surface area contributed by atoms with E-state index in [1.54, 1.807) is 6.92 Å². The Hall–Kier alpha value is -1.51. The summed E-state index contributed by atoms with van der Waals surface area (Å²) in [6.07, 6.45) is 0.421. The first kappa shape index (κ1) is 11.2. The molecule has 0 radical (unpaired) electrons. The van der Waals surface area contributed by atoms with E-state index in [9.17, 15) is 0 Å². The van der Waals surface area contributed by atoms with Gasteiger partial charge in [-0.15, -0.1) is 12.4 Å². The fraction of sp³-hybridized carbons (Fsp3) is 0.294. The Morgan fingerprint density at radius 2 is 1.90 bits per heavy atom. The van der Waals surface area contributed by atoms with Crippen molar-refractivity contribution < 1.29 is 10.2 Å². The molecule has 3 heteroatoms. The van der Waals surface area contributed by atoms with Crippen molar-refractivity contribution in [2.45, 2.75) is 19.4 Å². The Morgan fingerprint density at radius 3 is 2.60 bits per heavy atom. The average Bonchev–Trinajstić information content (AvgIpc) is 2.58. The predicted octanol–water partition coefficient (Wildman–Crippen LogP) is 4.15. The largest absolute Gasteiger partial charge is 0.485 e. The molecule has 0 spiro atoms. The van der Waals surface area contributed by atoms with Gasteiger partial charge in [0.2, 0.25) is 0 Å². The summed E-state index contributed by atoms with van der Waals surface area (Å²) in [6, 6.07) is 9.02. The Bertz CT molecular complexity index is 653. The van der Waals surface area contributed by atoms with E-state index in [0.29, 0.717) is 12.0 Å². The normalized spacial score (nSPS) is 14.3. The van der Waals surface area contributed by atoms with Gasteiger partial charge in [-0.05, 0) is 37.7 Å². The first-order valence-electron chi connectivity index (χ1n) is 8.40. The van der Waals surface area contributed by atoms with Gasteiger partial charge in [-0.25, -0.2) is 0 Å². The summed E-state index contributed by atoms with van der Waals surface area (Å²) in [7, 11) is 1.86. The van der Waals surface area contributed by atoms with Crippen LogP contribution in [0.2, 0.25) is 0 Å². The van der Waals surface area contributed by atoms with Crippen molar-refractivity contribution in [3.63, 3.8) is 0 Å². The minimum atomic E-state index is -0.276. The van der Waals surface area contributed by atoms with Gasteiger partial charge in [0.1, 0.15) is 11.9 Å². The summed E-state index contributed by atoms with van der Waals surface area (Å²) < 4.78 is 37.6. The van der Waals surface area contributed by atoms with Crippen LogP contribution in [0.1, 0.15) is 29.1 Å². The maximum absolute atomic E-state index is 8.08. The highest BCUT2D eigenvalue weighted by molar-refractivity contribution is 5.85. The van der Waals surface area contributed by atoms with E-state index < -0.39 is 0 Å². The van der Waals surface area contributed by atoms with Crippen LogP contribution in [0.15, 0.2) is 54.5 Å². The van der Waals surface area contributed by atoms with Gasteiger partial charge < -0.3 is 10.1 Å². The van der Waals surface area contributed by atoms with E-state index >= 15 is 0 Å². The van der Waals surface area contributed by atoms with Crippen LogP contribution in [-0.2, 0) is 0 Å². The van der Waals surface area contributed by atoms with Crippen LogP contribution in [0.4, 0.5) is 0 Å². The fourth-order valence-corrected chi connectivity index (χ4v) is 1.86. The predicted molar refractivity (Wildman–Crippen MR) is 86.8 cm³/mol. The third-order valence-corrected chi connectivity index (χ3v) is 2.92. The third-order valence-electron chi connectivity index (χ3n) is 2.92. The van der Waals surface area contributed by atoms with E-state index in [2.05, 4.69) is 5.32 Å². The standard InChI is InChI=1S/C17H21NO.ClH/c1-14-8-6-7-11-16(14)19-17(12-13-18-2)15-9-4-3-5-10-15;/h3-11,17-18H,12-13H2,1-2H3;1H/t17-;/m1./s1/i6D,7D,8D,11D;. The zero-order valence-electron chi connectivity index (χ0n) is 15.7. The summed E-state index contributed by atoms with van der Waals surface area (Å²) in [5.41, 5.74) is 1.41. The molecule has 0 aliphatic rings. The number of hydrogen-bond acceptors (Lipinski definition) is 2. The van der Waals surface area contributed by atoms with Crippen molar-refractivity contribution in [3.05, 3.63) is 65.6 Å². The van der Waals surface area contributed by atoms with Crippen molar-refractivity contribution in [2.24, 2.45) is 0 Å². The van der Waals surface area contributed by atoms with Crippen LogP contribution in [0, 0.1) is 6.92 Å². The van der Waals surface area contributed by atoms with Crippen LogP contribution in [0.3, 0.4) is 0 Å². The van der Waals surface area contributed by atoms with E-state index in [4.69, 9.17) is 10.2 Å². The highest BCUT2D eigenvalue weighted by Gasteiger charge is 2.13. The van der Waals surface area contributed by atoms with Gasteiger partial charge >= 0.3 is 0 Å². The number of nitrogens with one attached hydrogen (secondary N) is 1.